The van der Waals surface area contributed by atoms with Crippen LogP contribution in [0.15, 0.2) is 40.3 Å². The molecule has 1 aromatic heterocycles. The smallest absolute Gasteiger partial charge is 0.135 e. The Labute approximate surface area is 135 Å². The fraction of sp³-hybridized carbons (Fsp3) is 0.353. The molecule has 22 heavy (non-hydrogen) atoms. The molecule has 0 saturated heterocycles. The predicted molar refractivity (Wildman–Crippen MR) is 86.7 cm³/mol. The van der Waals surface area contributed by atoms with Gasteiger partial charge in [0.15, 0.2) is 0 Å². The Kier molecular flexibility index (Phi) is 5.17. The van der Waals surface area contributed by atoms with Crippen LogP contribution in [0.25, 0.3) is 0 Å². The summed E-state index contributed by atoms with van der Waals surface area (Å²) in [4.78, 5) is 10.2. The van der Waals surface area contributed by atoms with Gasteiger partial charge in [-0.05, 0) is 24.3 Å². The predicted octanol–water partition coefficient (Wildman–Crippen LogP) is 3.94. The highest BCUT2D eigenvalue weighted by Gasteiger charge is 2.19. The van der Waals surface area contributed by atoms with Crippen molar-refractivity contribution in [2.75, 3.05) is 7.11 Å². The van der Waals surface area contributed by atoms with Crippen molar-refractivity contribution in [1.82, 2.24) is 9.97 Å². The van der Waals surface area contributed by atoms with Crippen molar-refractivity contribution in [2.24, 2.45) is 0 Å². The van der Waals surface area contributed by atoms with Gasteiger partial charge >= 0.3 is 0 Å². The molecule has 0 bridgehead atoms. The van der Waals surface area contributed by atoms with Crippen LogP contribution in [0.1, 0.15) is 37.9 Å². The van der Waals surface area contributed by atoms with Crippen LogP contribution >= 0.6 is 11.8 Å². The Morgan fingerprint density at radius 1 is 1.23 bits per heavy atom. The molecule has 1 aromatic carbocycles. The summed E-state index contributed by atoms with van der Waals surface area (Å²) in [6.45, 7) is 6.72. The highest BCUT2D eigenvalue weighted by Crippen LogP contribution is 2.29. The molecule has 0 spiro atoms. The van der Waals surface area contributed by atoms with Gasteiger partial charge in [0.05, 0.1) is 23.9 Å². The minimum absolute atomic E-state index is 0.131. The quantitative estimate of drug-likeness (QED) is 0.800. The molecular weight excluding hydrogens is 294 g/mol. The van der Waals surface area contributed by atoms with E-state index in [1.165, 1.54) is 11.8 Å². The second-order valence-electron chi connectivity index (χ2n) is 5.95. The summed E-state index contributed by atoms with van der Waals surface area (Å²) in [6, 6.07) is 11.6. The Morgan fingerprint density at radius 2 is 2.00 bits per heavy atom. The van der Waals surface area contributed by atoms with Crippen LogP contribution < -0.4 is 0 Å². The SMILES string of the molecule is COCc1cc(Sc2cccc(C#N)c2)nc(C(C)(C)C)n1. The molecule has 0 aliphatic carbocycles. The molecule has 0 radical (unpaired) electrons. The maximum Gasteiger partial charge on any atom is 0.135 e. The van der Waals surface area contributed by atoms with Crippen LogP contribution in [0.2, 0.25) is 0 Å². The van der Waals surface area contributed by atoms with Crippen LogP contribution in [0.3, 0.4) is 0 Å². The van der Waals surface area contributed by atoms with Gasteiger partial charge in [-0.3, -0.25) is 0 Å². The second-order valence-corrected chi connectivity index (χ2v) is 7.04. The average molecular weight is 313 g/mol. The standard InChI is InChI=1S/C17H19N3OS/c1-17(2,3)16-19-13(11-21-4)9-15(20-16)22-14-7-5-6-12(8-14)10-18/h5-9H,11H2,1-4H3. The van der Waals surface area contributed by atoms with Crippen molar-refractivity contribution in [3.05, 3.63) is 47.4 Å². The van der Waals surface area contributed by atoms with Gasteiger partial charge < -0.3 is 4.74 Å². The molecule has 0 aliphatic heterocycles. The number of nitriles is 1. The average Bonchev–Trinajstić information content (AvgIpc) is 2.46. The molecule has 2 rings (SSSR count). The molecule has 0 saturated carbocycles. The Hall–Kier alpha value is -1.90. The third kappa shape index (κ3) is 4.30. The largest absolute Gasteiger partial charge is 0.378 e. The van der Waals surface area contributed by atoms with Crippen LogP contribution in [0.5, 0.6) is 0 Å². The molecule has 4 nitrogen and oxygen atoms in total. The Morgan fingerprint density at radius 3 is 2.64 bits per heavy atom. The molecule has 0 atom stereocenters. The Bertz CT molecular complexity index is 702. The van der Waals surface area contributed by atoms with E-state index in [1.54, 1.807) is 13.2 Å². The summed E-state index contributed by atoms with van der Waals surface area (Å²) in [6.07, 6.45) is 0. The van der Waals surface area contributed by atoms with Crippen LogP contribution in [0, 0.1) is 11.3 Å². The molecule has 0 unspecified atom stereocenters. The first-order valence-electron chi connectivity index (χ1n) is 6.98. The van der Waals surface area contributed by atoms with Gasteiger partial charge in [-0.25, -0.2) is 9.97 Å². The van der Waals surface area contributed by atoms with Crippen molar-refractivity contribution in [3.63, 3.8) is 0 Å². The summed E-state index contributed by atoms with van der Waals surface area (Å²) < 4.78 is 5.19. The van der Waals surface area contributed by atoms with Crippen LogP contribution in [0.4, 0.5) is 0 Å². The third-order valence-electron chi connectivity index (χ3n) is 2.90. The summed E-state index contributed by atoms with van der Waals surface area (Å²) in [5.74, 6) is 0.793. The number of ether oxygens (including phenoxy) is 1. The van der Waals surface area contributed by atoms with Crippen molar-refractivity contribution in [3.8, 4) is 6.07 Å². The van der Waals surface area contributed by atoms with Gasteiger partial charge in [-0.2, -0.15) is 5.26 Å². The molecule has 0 fully saturated rings. The third-order valence-corrected chi connectivity index (χ3v) is 3.81. The maximum atomic E-state index is 8.99. The van der Waals surface area contributed by atoms with Gasteiger partial charge in [0.25, 0.3) is 0 Å². The first-order valence-corrected chi connectivity index (χ1v) is 7.79. The topological polar surface area (TPSA) is 58.8 Å². The van der Waals surface area contributed by atoms with E-state index in [2.05, 4.69) is 36.8 Å². The monoisotopic (exact) mass is 313 g/mol. The lowest BCUT2D eigenvalue weighted by atomic mass is 9.96. The number of aromatic nitrogens is 2. The van der Waals surface area contributed by atoms with Crippen molar-refractivity contribution >= 4 is 11.8 Å². The fourth-order valence-corrected chi connectivity index (χ4v) is 2.73. The zero-order chi connectivity index (χ0) is 16.2. The summed E-state index contributed by atoms with van der Waals surface area (Å²) in [7, 11) is 1.65. The first kappa shape index (κ1) is 16.5. The highest BCUT2D eigenvalue weighted by molar-refractivity contribution is 7.99. The van der Waals surface area contributed by atoms with E-state index < -0.39 is 0 Å². The molecule has 0 amide bonds. The van der Waals surface area contributed by atoms with E-state index in [-0.39, 0.29) is 5.41 Å². The zero-order valence-corrected chi connectivity index (χ0v) is 14.1. The van der Waals surface area contributed by atoms with Crippen molar-refractivity contribution in [1.29, 1.82) is 5.26 Å². The van der Waals surface area contributed by atoms with E-state index in [0.717, 1.165) is 21.4 Å². The van der Waals surface area contributed by atoms with Gasteiger partial charge in [-0.1, -0.05) is 38.6 Å². The number of benzene rings is 1. The highest BCUT2D eigenvalue weighted by atomic mass is 32.2. The van der Waals surface area contributed by atoms with Gasteiger partial charge in [0, 0.05) is 17.4 Å². The lowest BCUT2D eigenvalue weighted by Gasteiger charge is -2.18. The zero-order valence-electron chi connectivity index (χ0n) is 13.3. The molecule has 2 aromatic rings. The second kappa shape index (κ2) is 6.91. The van der Waals surface area contributed by atoms with Gasteiger partial charge in [0.2, 0.25) is 0 Å². The fourth-order valence-electron chi connectivity index (χ4n) is 1.83. The van der Waals surface area contributed by atoms with E-state index in [9.17, 15) is 0 Å². The van der Waals surface area contributed by atoms with E-state index in [1.807, 2.05) is 24.3 Å². The van der Waals surface area contributed by atoms with Crippen LogP contribution in [-0.4, -0.2) is 17.1 Å². The minimum Gasteiger partial charge on any atom is -0.378 e. The molecular formula is C17H19N3OS. The minimum atomic E-state index is -0.131. The lowest BCUT2D eigenvalue weighted by molar-refractivity contribution is 0.180. The molecule has 1 heterocycles. The number of rotatable bonds is 4. The number of methoxy groups -OCH3 is 1. The van der Waals surface area contributed by atoms with E-state index in [4.69, 9.17) is 10.00 Å². The van der Waals surface area contributed by atoms with Crippen molar-refractivity contribution in [2.45, 2.75) is 42.7 Å². The molecule has 0 aliphatic rings. The summed E-state index contributed by atoms with van der Waals surface area (Å²) in [5, 5.41) is 9.85. The van der Waals surface area contributed by atoms with Crippen molar-refractivity contribution < 1.29 is 4.74 Å². The molecule has 5 heteroatoms. The molecule has 0 N–H and O–H groups in total. The van der Waals surface area contributed by atoms with E-state index in [0.29, 0.717) is 12.2 Å². The van der Waals surface area contributed by atoms with E-state index >= 15 is 0 Å². The first-order chi connectivity index (χ1) is 10.4. The molecule has 114 valence electrons. The maximum absolute atomic E-state index is 8.99. The summed E-state index contributed by atoms with van der Waals surface area (Å²) in [5.41, 5.74) is 1.38. The lowest BCUT2D eigenvalue weighted by Crippen LogP contribution is -2.17. The van der Waals surface area contributed by atoms with Crippen LogP contribution in [-0.2, 0) is 16.8 Å². The normalized spacial score (nSPS) is 11.2. The summed E-state index contributed by atoms with van der Waals surface area (Å²) >= 11 is 1.53. The number of hydrogen-bond donors (Lipinski definition) is 0. The van der Waals surface area contributed by atoms with Gasteiger partial charge in [0.1, 0.15) is 10.9 Å². The number of nitrogens with zero attached hydrogens (tertiary/aromatic N) is 3. The number of hydrogen-bond acceptors (Lipinski definition) is 5. The van der Waals surface area contributed by atoms with Gasteiger partial charge in [-0.15, -0.1) is 0 Å². The Balaban J connectivity index is 2.37.